The number of benzene rings is 3. The molecule has 4 heterocycles. The topological polar surface area (TPSA) is 136 Å². The number of fused-ring (bicyclic) bond motifs is 1. The number of nitrogens with one attached hydrogen (secondary N) is 2. The monoisotopic (exact) mass is 818 g/mol. The molecule has 0 bridgehead atoms. The summed E-state index contributed by atoms with van der Waals surface area (Å²) >= 11 is 6.59. The number of aliphatic imine (C=N–C) groups is 1. The third-order valence-corrected chi connectivity index (χ3v) is 10.8. The minimum atomic E-state index is -0.316. The normalized spacial score (nSPS) is 14.4. The maximum atomic E-state index is 13.1. The van der Waals surface area contributed by atoms with Gasteiger partial charge in [0, 0.05) is 62.7 Å². The number of anilines is 1. The van der Waals surface area contributed by atoms with Gasteiger partial charge in [0.25, 0.3) is 11.8 Å². The third-order valence-electron chi connectivity index (χ3n) is 10.5. The molecule has 0 fully saturated rings. The fourth-order valence-electron chi connectivity index (χ4n) is 7.39. The van der Waals surface area contributed by atoms with Crippen molar-refractivity contribution in [3.8, 4) is 17.3 Å². The van der Waals surface area contributed by atoms with Crippen LogP contribution in [0, 0.1) is 24.1 Å². The summed E-state index contributed by atoms with van der Waals surface area (Å²) in [6, 6.07) is 25.9. The Balaban J connectivity index is 0.000000183. The first-order valence-electron chi connectivity index (χ1n) is 19.8. The Hall–Kier alpha value is -6.77. The Morgan fingerprint density at radius 1 is 0.833 bits per heavy atom. The van der Waals surface area contributed by atoms with Crippen LogP contribution in [0.15, 0.2) is 125 Å². The number of rotatable bonds is 12. The summed E-state index contributed by atoms with van der Waals surface area (Å²) in [5.74, 6) is 0.638. The highest BCUT2D eigenvalue weighted by molar-refractivity contribution is 6.33. The molecule has 0 saturated carbocycles. The highest BCUT2D eigenvalue weighted by Crippen LogP contribution is 2.41. The molecule has 0 unspecified atom stereocenters. The molecular weight excluding hydrogens is 775 g/mol. The van der Waals surface area contributed by atoms with E-state index in [0.717, 1.165) is 92.7 Å². The Kier molecular flexibility index (Phi) is 12.7. The molecule has 1 aliphatic carbocycles. The van der Waals surface area contributed by atoms with Crippen molar-refractivity contribution < 1.29 is 14.0 Å². The van der Waals surface area contributed by atoms with Gasteiger partial charge < -0.3 is 10.6 Å². The maximum absolute atomic E-state index is 13.1. The van der Waals surface area contributed by atoms with Crippen LogP contribution < -0.4 is 10.6 Å². The number of nitriles is 1. The average molecular weight is 819 g/mol. The Bertz CT molecular complexity index is 2640. The van der Waals surface area contributed by atoms with Crippen LogP contribution in [0.25, 0.3) is 16.8 Å². The predicted octanol–water partition coefficient (Wildman–Crippen LogP) is 8.75. The number of aryl methyl sites for hydroxylation is 2. The number of nitrogens with zero attached hydrogens (tertiary/aromatic N) is 6. The molecule has 3 aliphatic rings. The van der Waals surface area contributed by atoms with Crippen LogP contribution in [-0.4, -0.2) is 57.5 Å². The minimum Gasteiger partial charge on any atom is -0.380 e. The molecular formula is C48H44ClFN8O2. The molecule has 10 nitrogen and oxygen atoms in total. The fourth-order valence-corrected chi connectivity index (χ4v) is 7.72. The zero-order valence-electron chi connectivity index (χ0n) is 33.9. The number of pyridine rings is 1. The van der Waals surface area contributed by atoms with E-state index in [0.29, 0.717) is 41.2 Å². The highest BCUT2D eigenvalue weighted by atomic mass is 35.5. The second-order valence-corrected chi connectivity index (χ2v) is 15.5. The average Bonchev–Trinajstić information content (AvgIpc) is 3.89. The van der Waals surface area contributed by atoms with E-state index < -0.39 is 0 Å². The second-order valence-electron chi connectivity index (χ2n) is 15.0. The van der Waals surface area contributed by atoms with Crippen LogP contribution in [0.5, 0.6) is 0 Å². The van der Waals surface area contributed by atoms with Gasteiger partial charge >= 0.3 is 0 Å². The molecule has 3 aromatic carbocycles. The molecule has 2 N–H and O–H groups in total. The molecule has 8 rings (SSSR count). The smallest absolute Gasteiger partial charge is 0.277 e. The van der Waals surface area contributed by atoms with Crippen molar-refractivity contribution in [2.75, 3.05) is 25.5 Å². The van der Waals surface area contributed by atoms with Gasteiger partial charge in [-0.05, 0) is 104 Å². The summed E-state index contributed by atoms with van der Waals surface area (Å²) in [5.41, 5.74) is 12.4. The van der Waals surface area contributed by atoms with Crippen molar-refractivity contribution >= 4 is 40.5 Å². The first-order chi connectivity index (χ1) is 29.0. The number of aromatic nitrogens is 3. The van der Waals surface area contributed by atoms with Gasteiger partial charge in [0.05, 0.1) is 27.6 Å². The lowest BCUT2D eigenvalue weighted by Gasteiger charge is -2.13. The zero-order valence-corrected chi connectivity index (χ0v) is 34.7. The van der Waals surface area contributed by atoms with E-state index in [4.69, 9.17) is 21.8 Å². The molecule has 0 radical (unpaired) electrons. The van der Waals surface area contributed by atoms with Gasteiger partial charge in [-0.2, -0.15) is 5.26 Å². The summed E-state index contributed by atoms with van der Waals surface area (Å²) in [4.78, 5) is 45.0. The van der Waals surface area contributed by atoms with Gasteiger partial charge in [-0.3, -0.25) is 19.5 Å². The van der Waals surface area contributed by atoms with E-state index in [1.54, 1.807) is 30.5 Å². The molecule has 5 aromatic rings. The Labute approximate surface area is 354 Å². The summed E-state index contributed by atoms with van der Waals surface area (Å²) in [6.07, 6.45) is 9.07. The minimum absolute atomic E-state index is 0.276. The van der Waals surface area contributed by atoms with Crippen LogP contribution in [0.4, 0.5) is 10.2 Å². The first-order valence-corrected chi connectivity index (χ1v) is 20.2. The van der Waals surface area contributed by atoms with Gasteiger partial charge in [-0.1, -0.05) is 65.7 Å². The lowest BCUT2D eigenvalue weighted by atomic mass is 9.96. The number of hydrogen-bond donors (Lipinski definition) is 2. The number of hydrogen-bond acceptors (Lipinski definition) is 9. The number of likely N-dealkylation sites (N-methyl/N-ethyl adjacent to an activating group) is 1. The van der Waals surface area contributed by atoms with E-state index >= 15 is 0 Å². The standard InChI is InChI=1S/C25H23ClN6.C23H21FN2O2/c1-16-5-7-19(21(26)10-16)25-20(22-11-17(2)13-29-22)15-31-24(32-25)4-3-9-28-23-8-6-18(12-27)14-30-23;1-14-13-16-5-3-4-6-18(16)19(14)20-21(23(28)26(2)22(20)27)25-12-11-15-7-9-17(24)10-8-15/h5-8,10,13-15H,3-4,9,11H2,1-2H3,(H,28,30);3-10,25H,11-13H2,1-2H3. The summed E-state index contributed by atoms with van der Waals surface area (Å²) in [7, 11) is 1.51. The van der Waals surface area contributed by atoms with Crippen molar-refractivity contribution in [1.29, 1.82) is 5.26 Å². The number of halogens is 2. The van der Waals surface area contributed by atoms with Crippen LogP contribution in [0.1, 0.15) is 65.9 Å². The van der Waals surface area contributed by atoms with Crippen LogP contribution in [-0.2, 0) is 28.9 Å². The number of imide groups is 1. The van der Waals surface area contributed by atoms with Crippen LogP contribution in [0.3, 0.4) is 0 Å². The van der Waals surface area contributed by atoms with Crippen molar-refractivity contribution in [3.63, 3.8) is 0 Å². The first kappa shape index (κ1) is 41.4. The summed E-state index contributed by atoms with van der Waals surface area (Å²) in [6.45, 7) is 7.30. The van der Waals surface area contributed by atoms with E-state index in [2.05, 4.69) is 44.7 Å². The van der Waals surface area contributed by atoms with Gasteiger partial charge in [0.15, 0.2) is 0 Å². The maximum Gasteiger partial charge on any atom is 0.277 e. The second kappa shape index (κ2) is 18.4. The molecule has 60 heavy (non-hydrogen) atoms. The molecule has 2 aliphatic heterocycles. The quantitative estimate of drug-likeness (QED) is 0.0943. The highest BCUT2D eigenvalue weighted by Gasteiger charge is 2.40. The van der Waals surface area contributed by atoms with E-state index in [9.17, 15) is 14.0 Å². The largest absolute Gasteiger partial charge is 0.380 e. The SMILES string of the molecule is CC1=C(C2=C(NCCc3ccc(F)cc3)C(=O)N(C)C2=O)c2ccccc2C1.CC1=CN=C(c2cnc(CCCNc3ccc(C#N)cn3)nc2-c2ccc(C)cc2Cl)C1. The molecule has 302 valence electrons. The Morgan fingerprint density at radius 3 is 2.35 bits per heavy atom. The Morgan fingerprint density at radius 2 is 1.63 bits per heavy atom. The molecule has 12 heteroatoms. The molecule has 2 aromatic heterocycles. The number of carbonyl (C=O) groups excluding carboxylic acids is 2. The van der Waals surface area contributed by atoms with Gasteiger partial charge in [-0.15, -0.1) is 0 Å². The van der Waals surface area contributed by atoms with Crippen molar-refractivity contribution in [2.45, 2.75) is 52.9 Å². The molecule has 0 atom stereocenters. The lowest BCUT2D eigenvalue weighted by Crippen LogP contribution is -2.30. The zero-order chi connectivity index (χ0) is 42.3. The number of carbonyl (C=O) groups is 2. The lowest BCUT2D eigenvalue weighted by molar-refractivity contribution is -0.135. The fraction of sp³-hybridized carbons (Fsp3) is 0.229. The van der Waals surface area contributed by atoms with Gasteiger partial charge in [0.2, 0.25) is 0 Å². The van der Waals surface area contributed by atoms with E-state index in [1.807, 2.05) is 62.6 Å². The van der Waals surface area contributed by atoms with E-state index in [1.165, 1.54) is 30.3 Å². The molecule has 2 amide bonds. The van der Waals surface area contributed by atoms with Crippen LogP contribution in [0.2, 0.25) is 5.02 Å². The van der Waals surface area contributed by atoms with Crippen LogP contribution >= 0.6 is 11.6 Å². The number of allylic oxidation sites excluding steroid dienone is 2. The van der Waals surface area contributed by atoms with Crippen molar-refractivity contribution in [1.82, 2.24) is 25.2 Å². The van der Waals surface area contributed by atoms with Crippen molar-refractivity contribution in [3.05, 3.63) is 170 Å². The predicted molar refractivity (Wildman–Crippen MR) is 234 cm³/mol. The molecule has 0 spiro atoms. The number of amides is 2. The third kappa shape index (κ3) is 9.25. The van der Waals surface area contributed by atoms with Gasteiger partial charge in [0.1, 0.15) is 29.2 Å². The van der Waals surface area contributed by atoms with Gasteiger partial charge in [-0.25, -0.2) is 19.3 Å². The summed E-state index contributed by atoms with van der Waals surface area (Å²) in [5, 5.41) is 16.0. The summed E-state index contributed by atoms with van der Waals surface area (Å²) < 4.78 is 13.1. The molecule has 0 saturated heterocycles. The van der Waals surface area contributed by atoms with Crippen molar-refractivity contribution in [2.24, 2.45) is 4.99 Å². The van der Waals surface area contributed by atoms with E-state index in [-0.39, 0.29) is 17.6 Å².